The second kappa shape index (κ2) is 5.95. The van der Waals surface area contributed by atoms with Crippen LogP contribution in [0.2, 0.25) is 0 Å². The molecule has 2 aromatic carbocycles. The molecule has 0 saturated heterocycles. The Morgan fingerprint density at radius 2 is 1.79 bits per heavy atom. The van der Waals surface area contributed by atoms with E-state index in [2.05, 4.69) is 5.32 Å². The van der Waals surface area contributed by atoms with Crippen LogP contribution in [0.25, 0.3) is 0 Å². The fourth-order valence-electron chi connectivity index (χ4n) is 1.73. The summed E-state index contributed by atoms with van der Waals surface area (Å²) in [5.41, 5.74) is 1.50. The van der Waals surface area contributed by atoms with E-state index in [-0.39, 0.29) is 11.5 Å². The summed E-state index contributed by atoms with van der Waals surface area (Å²) < 4.78 is 13.3. The summed E-state index contributed by atoms with van der Waals surface area (Å²) in [7, 11) is 0. The second-order valence-electron chi connectivity index (χ2n) is 4.08. The maximum Gasteiger partial charge on any atom is 0.269 e. The summed E-state index contributed by atoms with van der Waals surface area (Å²) in [6.45, 7) is 0.568. The van der Waals surface area contributed by atoms with Gasteiger partial charge >= 0.3 is 0 Å². The lowest BCUT2D eigenvalue weighted by molar-refractivity contribution is -0.384. The van der Waals surface area contributed by atoms with E-state index >= 15 is 0 Å². The quantitative estimate of drug-likeness (QED) is 0.662. The van der Waals surface area contributed by atoms with Crippen LogP contribution in [0.3, 0.4) is 0 Å². The van der Waals surface area contributed by atoms with Crippen LogP contribution in [0.5, 0.6) is 0 Å². The Kier molecular flexibility index (Phi) is 4.07. The Bertz CT molecular complexity index is 570. The molecule has 0 amide bonds. The Morgan fingerprint density at radius 3 is 2.42 bits per heavy atom. The number of nitro benzene ring substituents is 1. The fourth-order valence-corrected chi connectivity index (χ4v) is 1.73. The molecule has 1 N–H and O–H groups in total. The molecule has 0 aromatic heterocycles. The lowest BCUT2D eigenvalue weighted by Gasteiger charge is -2.07. The van der Waals surface area contributed by atoms with Gasteiger partial charge in [0.25, 0.3) is 5.69 Å². The molecule has 0 aliphatic heterocycles. The van der Waals surface area contributed by atoms with Crippen LogP contribution in [0.15, 0.2) is 48.5 Å². The molecule has 0 atom stereocenters. The summed E-state index contributed by atoms with van der Waals surface area (Å²) in [6.07, 6.45) is 0.673. The molecule has 0 aliphatic carbocycles. The molecule has 5 heteroatoms. The molecule has 2 aromatic rings. The first-order chi connectivity index (χ1) is 9.16. The van der Waals surface area contributed by atoms with E-state index in [1.807, 2.05) is 0 Å². The number of non-ortho nitro benzene ring substituents is 1. The van der Waals surface area contributed by atoms with E-state index in [4.69, 9.17) is 0 Å². The van der Waals surface area contributed by atoms with Crippen LogP contribution in [0.1, 0.15) is 5.56 Å². The number of hydrogen-bond acceptors (Lipinski definition) is 3. The third-order valence-corrected chi connectivity index (χ3v) is 2.75. The van der Waals surface area contributed by atoms with Crippen LogP contribution in [-0.2, 0) is 6.42 Å². The molecule has 4 nitrogen and oxygen atoms in total. The van der Waals surface area contributed by atoms with E-state index in [0.29, 0.717) is 18.7 Å². The van der Waals surface area contributed by atoms with Gasteiger partial charge in [-0.25, -0.2) is 4.39 Å². The number of nitrogens with one attached hydrogen (secondary N) is 1. The largest absolute Gasteiger partial charge is 0.382 e. The zero-order valence-electron chi connectivity index (χ0n) is 10.2. The molecule has 0 aliphatic rings. The van der Waals surface area contributed by atoms with Crippen molar-refractivity contribution in [3.63, 3.8) is 0 Å². The summed E-state index contributed by atoms with van der Waals surface area (Å²) in [6, 6.07) is 12.8. The molecule has 0 heterocycles. The summed E-state index contributed by atoms with van der Waals surface area (Å²) in [4.78, 5) is 10.1. The smallest absolute Gasteiger partial charge is 0.269 e. The zero-order valence-corrected chi connectivity index (χ0v) is 10.2. The predicted molar refractivity (Wildman–Crippen MR) is 71.7 cm³/mol. The minimum atomic E-state index is -0.429. The van der Waals surface area contributed by atoms with Gasteiger partial charge in [0.15, 0.2) is 0 Å². The van der Waals surface area contributed by atoms with Crippen molar-refractivity contribution in [3.05, 3.63) is 70.0 Å². The van der Waals surface area contributed by atoms with Gasteiger partial charge in [-0.3, -0.25) is 10.1 Å². The van der Waals surface area contributed by atoms with Gasteiger partial charge in [-0.15, -0.1) is 0 Å². The average molecular weight is 260 g/mol. The number of para-hydroxylation sites is 1. The standard InChI is InChI=1S/C14H13FN2O2/c15-13-3-1-2-4-14(13)16-10-9-11-5-7-12(8-6-11)17(18)19/h1-8,16H,9-10H2. The average Bonchev–Trinajstić information content (AvgIpc) is 2.41. The molecule has 2 rings (SSSR count). The third kappa shape index (κ3) is 3.51. The molecule has 19 heavy (non-hydrogen) atoms. The fraction of sp³-hybridized carbons (Fsp3) is 0.143. The Labute approximate surface area is 110 Å². The number of nitro groups is 1. The van der Waals surface area contributed by atoms with Crippen molar-refractivity contribution in [1.29, 1.82) is 0 Å². The number of benzene rings is 2. The van der Waals surface area contributed by atoms with Gasteiger partial charge in [-0.05, 0) is 24.1 Å². The molecular weight excluding hydrogens is 247 g/mol. The summed E-state index contributed by atoms with van der Waals surface area (Å²) in [5, 5.41) is 13.5. The van der Waals surface area contributed by atoms with Gasteiger partial charge in [-0.2, -0.15) is 0 Å². The Balaban J connectivity index is 1.89. The molecule has 0 spiro atoms. The first kappa shape index (κ1) is 13.0. The highest BCUT2D eigenvalue weighted by molar-refractivity contribution is 5.44. The van der Waals surface area contributed by atoms with Crippen molar-refractivity contribution >= 4 is 11.4 Å². The third-order valence-electron chi connectivity index (χ3n) is 2.75. The predicted octanol–water partition coefficient (Wildman–Crippen LogP) is 3.39. The van der Waals surface area contributed by atoms with Crippen LogP contribution in [0, 0.1) is 15.9 Å². The highest BCUT2D eigenvalue weighted by atomic mass is 19.1. The molecule has 0 fully saturated rings. The van der Waals surface area contributed by atoms with E-state index < -0.39 is 4.92 Å². The number of rotatable bonds is 5. The Morgan fingerprint density at radius 1 is 1.11 bits per heavy atom. The number of halogens is 1. The van der Waals surface area contributed by atoms with Gasteiger partial charge in [0.1, 0.15) is 5.82 Å². The van der Waals surface area contributed by atoms with E-state index in [0.717, 1.165) is 5.56 Å². The lowest BCUT2D eigenvalue weighted by Crippen LogP contribution is -2.06. The lowest BCUT2D eigenvalue weighted by atomic mass is 10.1. The molecule has 0 saturated carbocycles. The van der Waals surface area contributed by atoms with Gasteiger partial charge in [0, 0.05) is 18.7 Å². The van der Waals surface area contributed by atoms with Crippen LogP contribution < -0.4 is 5.32 Å². The maximum atomic E-state index is 13.3. The summed E-state index contributed by atoms with van der Waals surface area (Å²) >= 11 is 0. The topological polar surface area (TPSA) is 55.2 Å². The van der Waals surface area contributed by atoms with Crippen molar-refractivity contribution in [2.45, 2.75) is 6.42 Å². The van der Waals surface area contributed by atoms with E-state index in [1.54, 1.807) is 30.3 Å². The minimum absolute atomic E-state index is 0.0748. The van der Waals surface area contributed by atoms with Crippen LogP contribution in [-0.4, -0.2) is 11.5 Å². The monoisotopic (exact) mass is 260 g/mol. The molecule has 0 unspecified atom stereocenters. The van der Waals surface area contributed by atoms with Crippen LogP contribution >= 0.6 is 0 Å². The number of hydrogen-bond donors (Lipinski definition) is 1. The molecule has 0 radical (unpaired) electrons. The maximum absolute atomic E-state index is 13.3. The van der Waals surface area contributed by atoms with E-state index in [1.165, 1.54) is 18.2 Å². The molecule has 0 bridgehead atoms. The van der Waals surface area contributed by atoms with Crippen molar-refractivity contribution in [2.75, 3.05) is 11.9 Å². The molecule has 98 valence electrons. The van der Waals surface area contributed by atoms with Gasteiger partial charge in [-0.1, -0.05) is 24.3 Å². The van der Waals surface area contributed by atoms with Crippen molar-refractivity contribution in [1.82, 2.24) is 0 Å². The SMILES string of the molecule is O=[N+]([O-])c1ccc(CCNc2ccccc2F)cc1. The zero-order chi connectivity index (χ0) is 13.7. The number of anilines is 1. The van der Waals surface area contributed by atoms with Gasteiger partial charge in [0.2, 0.25) is 0 Å². The van der Waals surface area contributed by atoms with E-state index in [9.17, 15) is 14.5 Å². The molecular formula is C14H13FN2O2. The van der Waals surface area contributed by atoms with Crippen molar-refractivity contribution in [2.24, 2.45) is 0 Å². The first-order valence-corrected chi connectivity index (χ1v) is 5.88. The normalized spacial score (nSPS) is 10.2. The number of nitrogens with zero attached hydrogens (tertiary/aromatic N) is 1. The van der Waals surface area contributed by atoms with Gasteiger partial charge < -0.3 is 5.32 Å². The van der Waals surface area contributed by atoms with Gasteiger partial charge in [0.05, 0.1) is 10.6 Å². The van der Waals surface area contributed by atoms with Crippen molar-refractivity contribution < 1.29 is 9.31 Å². The summed E-state index contributed by atoms with van der Waals surface area (Å²) in [5.74, 6) is -0.286. The van der Waals surface area contributed by atoms with Crippen LogP contribution in [0.4, 0.5) is 15.8 Å². The Hall–Kier alpha value is -2.43. The minimum Gasteiger partial charge on any atom is -0.382 e. The highest BCUT2D eigenvalue weighted by Crippen LogP contribution is 2.14. The van der Waals surface area contributed by atoms with Crippen molar-refractivity contribution in [3.8, 4) is 0 Å². The highest BCUT2D eigenvalue weighted by Gasteiger charge is 2.04. The second-order valence-corrected chi connectivity index (χ2v) is 4.08. The first-order valence-electron chi connectivity index (χ1n) is 5.88.